The minimum absolute atomic E-state index is 0.376. The maximum atomic E-state index is 11.4. The summed E-state index contributed by atoms with van der Waals surface area (Å²) in [6.45, 7) is 7.38. The topological polar surface area (TPSA) is 43.8 Å². The van der Waals surface area contributed by atoms with Gasteiger partial charge in [0.2, 0.25) is 0 Å². The van der Waals surface area contributed by atoms with Gasteiger partial charge in [-0.1, -0.05) is 31.2 Å². The normalized spacial score (nSPS) is 16.3. The predicted molar refractivity (Wildman–Crippen MR) is 85.2 cm³/mol. The first-order valence-corrected chi connectivity index (χ1v) is 7.43. The first-order valence-electron chi connectivity index (χ1n) is 7.43. The van der Waals surface area contributed by atoms with Crippen molar-refractivity contribution in [2.24, 2.45) is 0 Å². The van der Waals surface area contributed by atoms with E-state index in [0.29, 0.717) is 5.56 Å². The summed E-state index contributed by atoms with van der Waals surface area (Å²) in [4.78, 5) is 16.2. The minimum atomic E-state index is -0.867. The fourth-order valence-electron chi connectivity index (χ4n) is 3.05. The molecule has 21 heavy (non-hydrogen) atoms. The van der Waals surface area contributed by atoms with Crippen LogP contribution in [-0.4, -0.2) is 48.7 Å². The number of benzene rings is 2. The van der Waals surface area contributed by atoms with Crippen molar-refractivity contribution in [2.45, 2.75) is 6.92 Å². The van der Waals surface area contributed by atoms with E-state index in [-0.39, 0.29) is 0 Å². The van der Waals surface area contributed by atoms with Crippen LogP contribution in [0, 0.1) is 0 Å². The molecule has 3 rings (SSSR count). The largest absolute Gasteiger partial charge is 0.478 e. The Kier molecular flexibility index (Phi) is 3.80. The van der Waals surface area contributed by atoms with Gasteiger partial charge in [0.1, 0.15) is 0 Å². The SMILES string of the molecule is CCN1CCN(c2ccc(C(=O)O)c3ccccc23)CC1. The fourth-order valence-corrected chi connectivity index (χ4v) is 3.05. The highest BCUT2D eigenvalue weighted by atomic mass is 16.4. The molecule has 1 aliphatic rings. The summed E-state index contributed by atoms with van der Waals surface area (Å²) in [5.41, 5.74) is 1.52. The molecule has 0 aromatic heterocycles. The summed E-state index contributed by atoms with van der Waals surface area (Å²) in [7, 11) is 0. The van der Waals surface area contributed by atoms with Crippen LogP contribution < -0.4 is 4.90 Å². The molecule has 0 spiro atoms. The lowest BCUT2D eigenvalue weighted by atomic mass is 10.0. The van der Waals surface area contributed by atoms with Crippen LogP contribution in [0.3, 0.4) is 0 Å². The minimum Gasteiger partial charge on any atom is -0.478 e. The van der Waals surface area contributed by atoms with Gasteiger partial charge in [0.05, 0.1) is 5.56 Å². The Hall–Kier alpha value is -2.07. The molecule has 1 saturated heterocycles. The standard InChI is InChI=1S/C17H20N2O2/c1-2-18-9-11-19(12-10-18)16-8-7-15(17(20)21)13-5-3-4-6-14(13)16/h3-8H,2,9-12H2,1H3,(H,20,21). The number of nitrogens with zero attached hydrogens (tertiary/aromatic N) is 2. The summed E-state index contributed by atoms with van der Waals surface area (Å²) in [5.74, 6) is -0.867. The number of likely N-dealkylation sites (N-methyl/N-ethyl adjacent to an activating group) is 1. The summed E-state index contributed by atoms with van der Waals surface area (Å²) in [6.07, 6.45) is 0. The number of hydrogen-bond acceptors (Lipinski definition) is 3. The molecule has 0 aliphatic carbocycles. The Bertz CT molecular complexity index is 661. The first-order chi connectivity index (χ1) is 10.2. The van der Waals surface area contributed by atoms with E-state index in [2.05, 4.69) is 16.7 Å². The monoisotopic (exact) mass is 284 g/mol. The number of carboxylic acids is 1. The Labute approximate surface area is 124 Å². The van der Waals surface area contributed by atoms with Crippen molar-refractivity contribution in [3.8, 4) is 0 Å². The quantitative estimate of drug-likeness (QED) is 0.941. The summed E-state index contributed by atoms with van der Waals surface area (Å²) in [5, 5.41) is 11.2. The molecule has 1 N–H and O–H groups in total. The van der Waals surface area contributed by atoms with E-state index >= 15 is 0 Å². The van der Waals surface area contributed by atoms with E-state index in [4.69, 9.17) is 0 Å². The van der Waals surface area contributed by atoms with E-state index in [0.717, 1.165) is 49.2 Å². The lowest BCUT2D eigenvalue weighted by molar-refractivity contribution is 0.0699. The van der Waals surface area contributed by atoms with Crippen LogP contribution in [0.2, 0.25) is 0 Å². The number of hydrogen-bond donors (Lipinski definition) is 1. The van der Waals surface area contributed by atoms with Crippen molar-refractivity contribution in [1.29, 1.82) is 0 Å². The Morgan fingerprint density at radius 2 is 1.71 bits per heavy atom. The number of carboxylic acid groups (broad SMARTS) is 1. The number of anilines is 1. The third-order valence-corrected chi connectivity index (χ3v) is 4.29. The van der Waals surface area contributed by atoms with Crippen LogP contribution in [0.25, 0.3) is 10.8 Å². The second-order valence-corrected chi connectivity index (χ2v) is 5.40. The van der Waals surface area contributed by atoms with Crippen molar-refractivity contribution < 1.29 is 9.90 Å². The van der Waals surface area contributed by atoms with Crippen molar-refractivity contribution in [1.82, 2.24) is 4.90 Å². The van der Waals surface area contributed by atoms with Crippen molar-refractivity contribution in [3.05, 3.63) is 42.0 Å². The van der Waals surface area contributed by atoms with E-state index in [1.54, 1.807) is 6.07 Å². The smallest absolute Gasteiger partial charge is 0.336 e. The molecule has 4 nitrogen and oxygen atoms in total. The molecular weight excluding hydrogens is 264 g/mol. The number of carbonyl (C=O) groups is 1. The molecule has 0 saturated carbocycles. The molecule has 0 atom stereocenters. The van der Waals surface area contributed by atoms with Gasteiger partial charge in [-0.25, -0.2) is 4.79 Å². The summed E-state index contributed by atoms with van der Waals surface area (Å²) in [6, 6.07) is 11.5. The van der Waals surface area contributed by atoms with Crippen LogP contribution >= 0.6 is 0 Å². The lowest BCUT2D eigenvalue weighted by Gasteiger charge is -2.36. The number of aromatic carboxylic acids is 1. The molecule has 110 valence electrons. The van der Waals surface area contributed by atoms with Crippen molar-refractivity contribution >= 4 is 22.4 Å². The van der Waals surface area contributed by atoms with Gasteiger partial charge in [0, 0.05) is 37.3 Å². The zero-order chi connectivity index (χ0) is 14.8. The van der Waals surface area contributed by atoms with Crippen molar-refractivity contribution in [3.63, 3.8) is 0 Å². The van der Waals surface area contributed by atoms with Gasteiger partial charge in [-0.2, -0.15) is 0 Å². The zero-order valence-corrected chi connectivity index (χ0v) is 12.2. The number of piperazine rings is 1. The van der Waals surface area contributed by atoms with Gasteiger partial charge in [0.25, 0.3) is 0 Å². The number of rotatable bonds is 3. The third kappa shape index (κ3) is 2.59. The molecule has 0 bridgehead atoms. The van der Waals surface area contributed by atoms with Crippen LogP contribution in [0.15, 0.2) is 36.4 Å². The molecule has 1 aliphatic heterocycles. The lowest BCUT2D eigenvalue weighted by Crippen LogP contribution is -2.46. The Morgan fingerprint density at radius 3 is 2.33 bits per heavy atom. The van der Waals surface area contributed by atoms with Gasteiger partial charge >= 0.3 is 5.97 Å². The van der Waals surface area contributed by atoms with Gasteiger partial charge in [-0.15, -0.1) is 0 Å². The summed E-state index contributed by atoms with van der Waals surface area (Å²) >= 11 is 0. The molecule has 2 aromatic carbocycles. The Balaban J connectivity index is 2.00. The molecule has 0 radical (unpaired) electrons. The van der Waals surface area contributed by atoms with Gasteiger partial charge in [0.15, 0.2) is 0 Å². The maximum Gasteiger partial charge on any atom is 0.336 e. The van der Waals surface area contributed by atoms with Crippen LogP contribution in [0.4, 0.5) is 5.69 Å². The van der Waals surface area contributed by atoms with Gasteiger partial charge < -0.3 is 14.9 Å². The fraction of sp³-hybridized carbons (Fsp3) is 0.353. The van der Waals surface area contributed by atoms with Crippen LogP contribution in [-0.2, 0) is 0 Å². The zero-order valence-electron chi connectivity index (χ0n) is 12.2. The number of fused-ring (bicyclic) bond motifs is 1. The van der Waals surface area contributed by atoms with Crippen LogP contribution in [0.5, 0.6) is 0 Å². The van der Waals surface area contributed by atoms with E-state index in [1.807, 2.05) is 30.3 Å². The predicted octanol–water partition coefficient (Wildman–Crippen LogP) is 2.68. The molecule has 1 fully saturated rings. The molecule has 0 amide bonds. The second kappa shape index (κ2) is 5.74. The third-order valence-electron chi connectivity index (χ3n) is 4.29. The molecule has 4 heteroatoms. The highest BCUT2D eigenvalue weighted by Gasteiger charge is 2.19. The van der Waals surface area contributed by atoms with E-state index < -0.39 is 5.97 Å². The van der Waals surface area contributed by atoms with Gasteiger partial charge in [-0.05, 0) is 24.1 Å². The second-order valence-electron chi connectivity index (χ2n) is 5.40. The molecule has 0 unspecified atom stereocenters. The molecule has 1 heterocycles. The van der Waals surface area contributed by atoms with Crippen molar-refractivity contribution in [2.75, 3.05) is 37.6 Å². The van der Waals surface area contributed by atoms with Gasteiger partial charge in [-0.3, -0.25) is 0 Å². The van der Waals surface area contributed by atoms with E-state index in [9.17, 15) is 9.90 Å². The highest BCUT2D eigenvalue weighted by Crippen LogP contribution is 2.30. The first kappa shape index (κ1) is 13.9. The highest BCUT2D eigenvalue weighted by molar-refractivity contribution is 6.07. The Morgan fingerprint density at radius 1 is 1.05 bits per heavy atom. The van der Waals surface area contributed by atoms with E-state index in [1.165, 1.54) is 0 Å². The maximum absolute atomic E-state index is 11.4. The summed E-state index contributed by atoms with van der Waals surface area (Å²) < 4.78 is 0. The molecular formula is C17H20N2O2. The molecule has 2 aromatic rings. The van der Waals surface area contributed by atoms with Crippen LogP contribution in [0.1, 0.15) is 17.3 Å². The average Bonchev–Trinajstić information content (AvgIpc) is 2.54. The average molecular weight is 284 g/mol.